The second-order valence-electron chi connectivity index (χ2n) is 7.35. The van der Waals surface area contributed by atoms with E-state index in [1.807, 2.05) is 18.2 Å². The summed E-state index contributed by atoms with van der Waals surface area (Å²) >= 11 is 0. The number of aliphatic imine (C=N–C) groups is 1. The number of methoxy groups -OCH3 is 2. The number of benzene rings is 1. The summed E-state index contributed by atoms with van der Waals surface area (Å²) in [6, 6.07) is 6.38. The highest BCUT2D eigenvalue weighted by Gasteiger charge is 2.59. The maximum absolute atomic E-state index is 5.96. The van der Waals surface area contributed by atoms with E-state index in [1.54, 1.807) is 14.2 Å². The number of hydrogen-bond donors (Lipinski definition) is 2. The minimum atomic E-state index is 0. The Hall–Kier alpha value is -1.22. The van der Waals surface area contributed by atoms with Crippen LogP contribution in [0.2, 0.25) is 0 Å². The Balaban J connectivity index is 0.00000280. The predicted octanol–water partition coefficient (Wildman–Crippen LogP) is 3.72. The fourth-order valence-corrected chi connectivity index (χ4v) is 4.28. The normalized spacial score (nSPS) is 22.5. The van der Waals surface area contributed by atoms with Crippen molar-refractivity contribution in [3.8, 4) is 11.5 Å². The minimum Gasteiger partial charge on any atom is -0.493 e. The van der Waals surface area contributed by atoms with E-state index in [4.69, 9.17) is 19.2 Å². The molecule has 0 saturated heterocycles. The summed E-state index contributed by atoms with van der Waals surface area (Å²) in [6.07, 6.45) is 5.28. The molecule has 2 atom stereocenters. The first kappa shape index (κ1) is 23.1. The Morgan fingerprint density at radius 1 is 1.18 bits per heavy atom. The second kappa shape index (κ2) is 10.5. The molecule has 0 amide bonds. The van der Waals surface area contributed by atoms with Gasteiger partial charge < -0.3 is 24.8 Å². The van der Waals surface area contributed by atoms with Gasteiger partial charge in [0, 0.05) is 24.6 Å². The van der Waals surface area contributed by atoms with Crippen molar-refractivity contribution < 1.29 is 14.2 Å². The van der Waals surface area contributed by atoms with Gasteiger partial charge in [-0.2, -0.15) is 0 Å². The number of ether oxygens (including phenoxy) is 3. The molecule has 0 bridgehead atoms. The van der Waals surface area contributed by atoms with Gasteiger partial charge in [-0.25, -0.2) is 4.99 Å². The summed E-state index contributed by atoms with van der Waals surface area (Å²) < 4.78 is 16.7. The van der Waals surface area contributed by atoms with Gasteiger partial charge in [0.05, 0.1) is 26.9 Å². The highest BCUT2D eigenvalue weighted by Crippen LogP contribution is 2.57. The van der Waals surface area contributed by atoms with Crippen LogP contribution in [0.5, 0.6) is 11.5 Å². The summed E-state index contributed by atoms with van der Waals surface area (Å²) in [5.74, 6) is 2.34. The van der Waals surface area contributed by atoms with E-state index >= 15 is 0 Å². The van der Waals surface area contributed by atoms with Gasteiger partial charge in [0.25, 0.3) is 0 Å². The second-order valence-corrected chi connectivity index (χ2v) is 7.35. The molecule has 2 saturated carbocycles. The largest absolute Gasteiger partial charge is 0.493 e. The first-order valence-corrected chi connectivity index (χ1v) is 10.0. The highest BCUT2D eigenvalue weighted by atomic mass is 127. The molecule has 7 heteroatoms. The fourth-order valence-electron chi connectivity index (χ4n) is 4.28. The lowest BCUT2D eigenvalue weighted by Crippen LogP contribution is -2.68. The SMILES string of the molecule is CCNC(=NCc1ccc(OC)c(OC)c1)NC1CC(OCC)C12CCC2.I. The van der Waals surface area contributed by atoms with Crippen LogP contribution in [-0.4, -0.2) is 45.5 Å². The van der Waals surface area contributed by atoms with Crippen molar-refractivity contribution in [2.45, 2.75) is 58.2 Å². The van der Waals surface area contributed by atoms with Crippen LogP contribution in [0.1, 0.15) is 45.1 Å². The van der Waals surface area contributed by atoms with E-state index in [2.05, 4.69) is 24.5 Å². The van der Waals surface area contributed by atoms with Crippen LogP contribution in [0.3, 0.4) is 0 Å². The molecular formula is C21H34IN3O3. The van der Waals surface area contributed by atoms with Gasteiger partial charge in [-0.1, -0.05) is 12.5 Å². The van der Waals surface area contributed by atoms with E-state index in [9.17, 15) is 0 Å². The van der Waals surface area contributed by atoms with Crippen LogP contribution in [0.25, 0.3) is 0 Å². The first-order valence-electron chi connectivity index (χ1n) is 10.0. The van der Waals surface area contributed by atoms with Gasteiger partial charge in [-0.05, 0) is 50.8 Å². The average molecular weight is 503 g/mol. The van der Waals surface area contributed by atoms with E-state index in [0.29, 0.717) is 24.1 Å². The molecule has 1 aromatic rings. The molecule has 0 radical (unpaired) electrons. The lowest BCUT2D eigenvalue weighted by Gasteiger charge is -2.61. The van der Waals surface area contributed by atoms with E-state index in [1.165, 1.54) is 19.3 Å². The van der Waals surface area contributed by atoms with Crippen LogP contribution < -0.4 is 20.1 Å². The van der Waals surface area contributed by atoms with Gasteiger partial charge in [-0.15, -0.1) is 24.0 Å². The monoisotopic (exact) mass is 503 g/mol. The number of halogens is 1. The third-order valence-electron chi connectivity index (χ3n) is 5.96. The van der Waals surface area contributed by atoms with Crippen LogP contribution >= 0.6 is 24.0 Å². The standard InChI is InChI=1S/C21H33N3O3.HI/c1-5-22-20(23-14-15-8-9-16(25-3)17(12-15)26-4)24-18-13-19(27-6-2)21(18)10-7-11-21;/h8-9,12,18-19H,5-7,10-11,13-14H2,1-4H3,(H2,22,23,24);1H. The number of rotatable bonds is 8. The maximum Gasteiger partial charge on any atom is 0.191 e. The van der Waals surface area contributed by atoms with Crippen molar-refractivity contribution in [2.75, 3.05) is 27.4 Å². The van der Waals surface area contributed by atoms with Gasteiger partial charge in [0.1, 0.15) is 0 Å². The summed E-state index contributed by atoms with van der Waals surface area (Å²) in [5.41, 5.74) is 1.40. The Morgan fingerprint density at radius 3 is 2.50 bits per heavy atom. The topological polar surface area (TPSA) is 64.1 Å². The molecule has 2 N–H and O–H groups in total. The van der Waals surface area contributed by atoms with Crippen molar-refractivity contribution in [3.05, 3.63) is 23.8 Å². The van der Waals surface area contributed by atoms with E-state index in [-0.39, 0.29) is 24.0 Å². The molecule has 158 valence electrons. The lowest BCUT2D eigenvalue weighted by molar-refractivity contribution is -0.168. The molecule has 6 nitrogen and oxygen atoms in total. The summed E-state index contributed by atoms with van der Waals surface area (Å²) in [5, 5.41) is 7.04. The lowest BCUT2D eigenvalue weighted by atomic mass is 9.51. The van der Waals surface area contributed by atoms with Crippen LogP contribution in [0, 0.1) is 5.41 Å². The van der Waals surface area contributed by atoms with Gasteiger partial charge in [-0.3, -0.25) is 0 Å². The van der Waals surface area contributed by atoms with Gasteiger partial charge in [0.15, 0.2) is 17.5 Å². The summed E-state index contributed by atoms with van der Waals surface area (Å²) in [4.78, 5) is 4.79. The average Bonchev–Trinajstić information content (AvgIpc) is 2.63. The predicted molar refractivity (Wildman–Crippen MR) is 123 cm³/mol. The Bertz CT molecular complexity index is 664. The summed E-state index contributed by atoms with van der Waals surface area (Å²) in [6.45, 7) is 6.40. The van der Waals surface area contributed by atoms with Crippen LogP contribution in [0.15, 0.2) is 23.2 Å². The number of nitrogens with one attached hydrogen (secondary N) is 2. The van der Waals surface area contributed by atoms with Gasteiger partial charge >= 0.3 is 0 Å². The summed E-state index contributed by atoms with van der Waals surface area (Å²) in [7, 11) is 3.30. The molecule has 28 heavy (non-hydrogen) atoms. The molecule has 2 aliphatic rings. The van der Waals surface area contributed by atoms with E-state index in [0.717, 1.165) is 42.6 Å². The molecule has 2 fully saturated rings. The Morgan fingerprint density at radius 2 is 1.93 bits per heavy atom. The fraction of sp³-hybridized carbons (Fsp3) is 0.667. The quantitative estimate of drug-likeness (QED) is 0.322. The molecule has 2 aliphatic carbocycles. The molecule has 3 rings (SSSR count). The van der Waals surface area contributed by atoms with Crippen LogP contribution in [-0.2, 0) is 11.3 Å². The molecule has 0 aliphatic heterocycles. The van der Waals surface area contributed by atoms with Crippen molar-refractivity contribution in [2.24, 2.45) is 10.4 Å². The van der Waals surface area contributed by atoms with Crippen molar-refractivity contribution in [3.63, 3.8) is 0 Å². The molecule has 0 heterocycles. The minimum absolute atomic E-state index is 0. The van der Waals surface area contributed by atoms with E-state index < -0.39 is 0 Å². The number of guanidine groups is 1. The van der Waals surface area contributed by atoms with Crippen molar-refractivity contribution in [1.82, 2.24) is 10.6 Å². The van der Waals surface area contributed by atoms with Crippen molar-refractivity contribution >= 4 is 29.9 Å². The van der Waals surface area contributed by atoms with Crippen LogP contribution in [0.4, 0.5) is 0 Å². The van der Waals surface area contributed by atoms with Gasteiger partial charge in [0.2, 0.25) is 0 Å². The Labute approximate surface area is 185 Å². The third-order valence-corrected chi connectivity index (χ3v) is 5.96. The number of nitrogens with zero attached hydrogens (tertiary/aromatic N) is 1. The Kier molecular flexibility index (Phi) is 8.67. The molecule has 2 unspecified atom stereocenters. The molecule has 1 aromatic carbocycles. The molecular weight excluding hydrogens is 469 g/mol. The zero-order chi connectivity index (χ0) is 19.3. The van der Waals surface area contributed by atoms with Crippen molar-refractivity contribution in [1.29, 1.82) is 0 Å². The third kappa shape index (κ3) is 4.67. The smallest absolute Gasteiger partial charge is 0.191 e. The molecule has 1 spiro atoms. The first-order chi connectivity index (χ1) is 13.2. The number of hydrogen-bond acceptors (Lipinski definition) is 4. The zero-order valence-corrected chi connectivity index (χ0v) is 19.7. The molecule has 0 aromatic heterocycles. The highest BCUT2D eigenvalue weighted by molar-refractivity contribution is 14.0. The zero-order valence-electron chi connectivity index (χ0n) is 17.4. The maximum atomic E-state index is 5.96.